The number of alkyl halides is 3. The first kappa shape index (κ1) is 15.3. The molecule has 1 aromatic carbocycles. The molecule has 0 saturated heterocycles. The van der Waals surface area contributed by atoms with E-state index in [0.717, 1.165) is 30.8 Å². The van der Waals surface area contributed by atoms with E-state index >= 15 is 0 Å². The minimum Gasteiger partial charge on any atom is -0.309 e. The summed E-state index contributed by atoms with van der Waals surface area (Å²) < 4.78 is 37.9. The van der Waals surface area contributed by atoms with Gasteiger partial charge < -0.3 is 5.32 Å². The van der Waals surface area contributed by atoms with Gasteiger partial charge in [0.1, 0.15) is 0 Å². The minimum absolute atomic E-state index is 0.0201. The Labute approximate surface area is 131 Å². The molecule has 22 heavy (non-hydrogen) atoms. The highest BCUT2D eigenvalue weighted by Gasteiger charge is 2.32. The topological polar surface area (TPSA) is 24.9 Å². The molecule has 2 aromatic rings. The van der Waals surface area contributed by atoms with Gasteiger partial charge in [0.05, 0.1) is 16.3 Å². The van der Waals surface area contributed by atoms with Crippen LogP contribution in [-0.4, -0.2) is 11.5 Å². The van der Waals surface area contributed by atoms with Crippen LogP contribution < -0.4 is 5.32 Å². The Morgan fingerprint density at radius 1 is 1.27 bits per heavy atom. The Morgan fingerprint density at radius 3 is 2.77 bits per heavy atom. The highest BCUT2D eigenvalue weighted by molar-refractivity contribution is 6.31. The molecule has 0 amide bonds. The number of halogens is 4. The van der Waals surface area contributed by atoms with Crippen molar-refractivity contribution in [3.05, 3.63) is 63.9 Å². The lowest BCUT2D eigenvalue weighted by Gasteiger charge is -2.27. The van der Waals surface area contributed by atoms with Crippen LogP contribution in [0, 0.1) is 0 Å². The smallest absolute Gasteiger partial charge is 0.309 e. The van der Waals surface area contributed by atoms with Crippen molar-refractivity contribution in [2.75, 3.05) is 6.54 Å². The fourth-order valence-electron chi connectivity index (χ4n) is 2.74. The van der Waals surface area contributed by atoms with Crippen LogP contribution in [0.2, 0.25) is 5.02 Å². The maximum Gasteiger partial charge on any atom is 0.417 e. The molecule has 2 heterocycles. The molecule has 0 radical (unpaired) electrons. The van der Waals surface area contributed by atoms with Crippen molar-refractivity contribution in [1.29, 1.82) is 0 Å². The van der Waals surface area contributed by atoms with E-state index < -0.39 is 11.7 Å². The van der Waals surface area contributed by atoms with Gasteiger partial charge in [-0.2, -0.15) is 13.2 Å². The standard InChI is InChI=1S/C16H14ClF3N2/c17-13-7-11(16(18,19)20)9-22-15(13)8-14-12-4-2-1-3-10(12)5-6-21-14/h1-4,7,9,14,21H,5-6,8H2/t14-/m0/s1. The zero-order chi connectivity index (χ0) is 15.7. The summed E-state index contributed by atoms with van der Waals surface area (Å²) in [6, 6.07) is 9.02. The summed E-state index contributed by atoms with van der Waals surface area (Å²) in [5.41, 5.74) is 2.07. The summed E-state index contributed by atoms with van der Waals surface area (Å²) in [7, 11) is 0. The van der Waals surface area contributed by atoms with Crippen molar-refractivity contribution in [2.24, 2.45) is 0 Å². The molecule has 1 aliphatic rings. The fourth-order valence-corrected chi connectivity index (χ4v) is 2.98. The number of nitrogens with one attached hydrogen (secondary N) is 1. The molecule has 1 aromatic heterocycles. The van der Waals surface area contributed by atoms with E-state index in [9.17, 15) is 13.2 Å². The van der Waals surface area contributed by atoms with Crippen LogP contribution in [0.1, 0.15) is 28.4 Å². The van der Waals surface area contributed by atoms with Crippen molar-refractivity contribution in [2.45, 2.75) is 25.1 Å². The number of nitrogens with zero attached hydrogens (tertiary/aromatic N) is 1. The van der Waals surface area contributed by atoms with Gasteiger partial charge in [-0.1, -0.05) is 35.9 Å². The summed E-state index contributed by atoms with van der Waals surface area (Å²) in [5.74, 6) is 0. The van der Waals surface area contributed by atoms with E-state index in [1.165, 1.54) is 5.56 Å². The number of rotatable bonds is 2. The molecule has 3 rings (SSSR count). The highest BCUT2D eigenvalue weighted by atomic mass is 35.5. The molecule has 0 aliphatic carbocycles. The molecular weight excluding hydrogens is 313 g/mol. The summed E-state index contributed by atoms with van der Waals surface area (Å²) in [6.07, 6.45) is -2.17. The number of pyridine rings is 1. The summed E-state index contributed by atoms with van der Waals surface area (Å²) >= 11 is 5.99. The maximum absolute atomic E-state index is 12.6. The average molecular weight is 327 g/mol. The quantitative estimate of drug-likeness (QED) is 0.895. The van der Waals surface area contributed by atoms with Gasteiger partial charge in [0.2, 0.25) is 0 Å². The largest absolute Gasteiger partial charge is 0.417 e. The first-order valence-corrected chi connectivity index (χ1v) is 7.36. The monoisotopic (exact) mass is 326 g/mol. The Bertz CT molecular complexity index is 685. The first-order valence-electron chi connectivity index (χ1n) is 6.98. The number of hydrogen-bond acceptors (Lipinski definition) is 2. The molecular formula is C16H14ClF3N2. The molecule has 1 atom stereocenters. The van der Waals surface area contributed by atoms with Crippen molar-refractivity contribution < 1.29 is 13.2 Å². The van der Waals surface area contributed by atoms with Crippen molar-refractivity contribution in [3.8, 4) is 0 Å². The van der Waals surface area contributed by atoms with E-state index in [0.29, 0.717) is 12.1 Å². The first-order chi connectivity index (χ1) is 10.4. The third kappa shape index (κ3) is 3.10. The molecule has 2 nitrogen and oxygen atoms in total. The van der Waals surface area contributed by atoms with Crippen LogP contribution in [0.3, 0.4) is 0 Å². The average Bonchev–Trinajstić information content (AvgIpc) is 2.48. The van der Waals surface area contributed by atoms with Crippen LogP contribution in [-0.2, 0) is 19.0 Å². The van der Waals surface area contributed by atoms with E-state index in [-0.39, 0.29) is 11.1 Å². The normalized spacial score (nSPS) is 18.1. The highest BCUT2D eigenvalue weighted by Crippen LogP contribution is 2.33. The predicted molar refractivity (Wildman–Crippen MR) is 78.8 cm³/mol. The lowest BCUT2D eigenvalue weighted by molar-refractivity contribution is -0.137. The van der Waals surface area contributed by atoms with Gasteiger partial charge in [0.25, 0.3) is 0 Å². The van der Waals surface area contributed by atoms with Crippen molar-refractivity contribution in [1.82, 2.24) is 10.3 Å². The maximum atomic E-state index is 12.6. The molecule has 0 unspecified atom stereocenters. The summed E-state index contributed by atoms with van der Waals surface area (Å²) in [4.78, 5) is 3.92. The summed E-state index contributed by atoms with van der Waals surface area (Å²) in [6.45, 7) is 0.833. The van der Waals surface area contributed by atoms with Gasteiger partial charge >= 0.3 is 6.18 Å². The second-order valence-electron chi connectivity index (χ2n) is 5.31. The molecule has 0 saturated carbocycles. The van der Waals surface area contributed by atoms with E-state index in [2.05, 4.69) is 16.4 Å². The molecule has 0 spiro atoms. The second kappa shape index (κ2) is 5.89. The van der Waals surface area contributed by atoms with Gasteiger partial charge in [-0.3, -0.25) is 4.98 Å². The lowest BCUT2D eigenvalue weighted by atomic mass is 9.91. The Hall–Kier alpha value is -1.59. The zero-order valence-electron chi connectivity index (χ0n) is 11.6. The zero-order valence-corrected chi connectivity index (χ0v) is 12.4. The van der Waals surface area contributed by atoms with E-state index in [1.807, 2.05) is 18.2 Å². The lowest BCUT2D eigenvalue weighted by Crippen LogP contribution is -2.31. The fraction of sp³-hybridized carbons (Fsp3) is 0.312. The van der Waals surface area contributed by atoms with Gasteiger partial charge in [-0.05, 0) is 30.2 Å². The minimum atomic E-state index is -4.43. The Kier molecular flexibility index (Phi) is 4.10. The van der Waals surface area contributed by atoms with Crippen molar-refractivity contribution in [3.63, 3.8) is 0 Å². The van der Waals surface area contributed by atoms with Gasteiger partial charge in [-0.15, -0.1) is 0 Å². The second-order valence-corrected chi connectivity index (χ2v) is 5.72. The van der Waals surface area contributed by atoms with Crippen LogP contribution in [0.5, 0.6) is 0 Å². The van der Waals surface area contributed by atoms with Gasteiger partial charge in [0, 0.05) is 18.7 Å². The van der Waals surface area contributed by atoms with Gasteiger partial charge in [0.15, 0.2) is 0 Å². The summed E-state index contributed by atoms with van der Waals surface area (Å²) in [5, 5.41) is 3.43. The Balaban J connectivity index is 1.86. The molecule has 6 heteroatoms. The third-order valence-corrected chi connectivity index (χ3v) is 4.19. The van der Waals surface area contributed by atoms with Crippen molar-refractivity contribution >= 4 is 11.6 Å². The van der Waals surface area contributed by atoms with E-state index in [4.69, 9.17) is 11.6 Å². The predicted octanol–water partition coefficient (Wildman–Crippen LogP) is 4.18. The number of aromatic nitrogens is 1. The molecule has 1 aliphatic heterocycles. The third-order valence-electron chi connectivity index (χ3n) is 3.86. The molecule has 116 valence electrons. The van der Waals surface area contributed by atoms with Gasteiger partial charge in [-0.25, -0.2) is 0 Å². The number of fused-ring (bicyclic) bond motifs is 1. The van der Waals surface area contributed by atoms with Crippen LogP contribution >= 0.6 is 11.6 Å². The van der Waals surface area contributed by atoms with Crippen LogP contribution in [0.15, 0.2) is 36.5 Å². The van der Waals surface area contributed by atoms with E-state index in [1.54, 1.807) is 0 Å². The molecule has 1 N–H and O–H groups in total. The molecule has 0 bridgehead atoms. The Morgan fingerprint density at radius 2 is 2.05 bits per heavy atom. The number of benzene rings is 1. The SMILES string of the molecule is FC(F)(F)c1cnc(C[C@@H]2NCCc3ccccc32)c(Cl)c1. The number of hydrogen-bond donors (Lipinski definition) is 1. The van der Waals surface area contributed by atoms with Crippen LogP contribution in [0.4, 0.5) is 13.2 Å². The van der Waals surface area contributed by atoms with Crippen LogP contribution in [0.25, 0.3) is 0 Å². The molecule has 0 fully saturated rings.